The first-order valence-corrected chi connectivity index (χ1v) is 21.0. The van der Waals surface area contributed by atoms with Gasteiger partial charge >= 0.3 is 0 Å². The van der Waals surface area contributed by atoms with Gasteiger partial charge < -0.3 is 46.1 Å². The zero-order valence-corrected chi connectivity index (χ0v) is 34.4. The Morgan fingerprint density at radius 2 is 1.65 bits per heavy atom. The van der Waals surface area contributed by atoms with Crippen LogP contribution in [0.3, 0.4) is 0 Å². The van der Waals surface area contributed by atoms with E-state index in [-0.39, 0.29) is 49.5 Å². The molecular formula is C42H66N6O9. The van der Waals surface area contributed by atoms with Crippen molar-refractivity contribution in [1.82, 2.24) is 26.2 Å². The monoisotopic (exact) mass is 798 g/mol. The number of amides is 5. The summed E-state index contributed by atoms with van der Waals surface area (Å²) < 4.78 is 16.6. The molecule has 3 aliphatic rings. The lowest BCUT2D eigenvalue weighted by molar-refractivity contribution is -0.144. The molecule has 5 unspecified atom stereocenters. The summed E-state index contributed by atoms with van der Waals surface area (Å²) in [6.45, 7) is 6.17. The van der Waals surface area contributed by atoms with Crippen molar-refractivity contribution < 1.29 is 43.0 Å². The number of nitrogens with zero attached hydrogens (tertiary/aromatic N) is 1. The highest BCUT2D eigenvalue weighted by atomic mass is 16.7. The van der Waals surface area contributed by atoms with Gasteiger partial charge in [0.1, 0.15) is 18.9 Å². The number of methoxy groups -OCH3 is 1. The molecule has 0 aromatic heterocycles. The number of nitrogens with two attached hydrogens (primary N) is 1. The molecular weight excluding hydrogens is 732 g/mol. The lowest BCUT2D eigenvalue weighted by Gasteiger charge is -2.38. The minimum atomic E-state index is -1.20. The molecule has 57 heavy (non-hydrogen) atoms. The maximum absolute atomic E-state index is 14.9. The molecule has 1 saturated heterocycles. The van der Waals surface area contributed by atoms with E-state index in [0.717, 1.165) is 51.4 Å². The zero-order chi connectivity index (χ0) is 41.4. The van der Waals surface area contributed by atoms with Gasteiger partial charge in [0.2, 0.25) is 29.4 Å². The SMILES string of the molecule is CCCCC(NC(=O)CNC(=O)C(=O)C(CCC)NC(=O)C1C[C@@H](OCOCCOC)CN1C(=O)C(NC(C)C1(c2ccccc2)CC1)C1CCCCC1)C(N)=O. The molecule has 15 nitrogen and oxygen atoms in total. The van der Waals surface area contributed by atoms with E-state index >= 15 is 0 Å². The van der Waals surface area contributed by atoms with Crippen LogP contribution in [-0.2, 0) is 48.4 Å². The number of nitrogens with one attached hydrogen (secondary N) is 4. The summed E-state index contributed by atoms with van der Waals surface area (Å²) in [6, 6.07) is 6.80. The van der Waals surface area contributed by atoms with Crippen LogP contribution < -0.4 is 27.0 Å². The average Bonchev–Trinajstić information content (AvgIpc) is 3.93. The van der Waals surface area contributed by atoms with E-state index in [1.807, 2.05) is 32.0 Å². The van der Waals surface area contributed by atoms with Crippen molar-refractivity contribution >= 4 is 35.3 Å². The van der Waals surface area contributed by atoms with Gasteiger partial charge in [-0.3, -0.25) is 28.8 Å². The number of Topliss-reactive ketones (excluding diaryl/α,β-unsaturated/α-hetero) is 1. The normalized spacial score (nSPS) is 21.2. The summed E-state index contributed by atoms with van der Waals surface area (Å²) in [5, 5.41) is 11.4. The molecule has 6 atom stereocenters. The Kier molecular flexibility index (Phi) is 18.4. The molecule has 2 saturated carbocycles. The van der Waals surface area contributed by atoms with E-state index in [2.05, 4.69) is 40.3 Å². The van der Waals surface area contributed by atoms with Crippen LogP contribution in [0.15, 0.2) is 30.3 Å². The highest BCUT2D eigenvalue weighted by molar-refractivity contribution is 6.38. The number of carbonyl (C=O) groups is 6. The third-order valence-electron chi connectivity index (χ3n) is 11.8. The predicted octanol–water partition coefficient (Wildman–Crippen LogP) is 2.38. The Morgan fingerprint density at radius 3 is 2.28 bits per heavy atom. The lowest BCUT2D eigenvalue weighted by Crippen LogP contribution is -2.59. The van der Waals surface area contributed by atoms with Crippen molar-refractivity contribution in [2.24, 2.45) is 11.7 Å². The fourth-order valence-electron chi connectivity index (χ4n) is 8.29. The molecule has 1 aromatic carbocycles. The maximum Gasteiger partial charge on any atom is 0.290 e. The van der Waals surface area contributed by atoms with Crippen molar-refractivity contribution in [2.75, 3.05) is 40.2 Å². The quantitative estimate of drug-likeness (QED) is 0.0555. The van der Waals surface area contributed by atoms with E-state index in [0.29, 0.717) is 32.5 Å². The first kappa shape index (κ1) is 45.8. The summed E-state index contributed by atoms with van der Waals surface area (Å²) in [5.41, 5.74) is 6.59. The minimum Gasteiger partial charge on any atom is -0.382 e. The fourth-order valence-corrected chi connectivity index (χ4v) is 8.29. The number of hydrogen-bond acceptors (Lipinski definition) is 10. The Hall–Kier alpha value is -3.92. The largest absolute Gasteiger partial charge is 0.382 e. The van der Waals surface area contributed by atoms with Crippen molar-refractivity contribution in [1.29, 1.82) is 0 Å². The van der Waals surface area contributed by atoms with Crippen LogP contribution in [0.5, 0.6) is 0 Å². The van der Waals surface area contributed by atoms with Crippen LogP contribution in [0, 0.1) is 5.92 Å². The van der Waals surface area contributed by atoms with Crippen LogP contribution in [0.4, 0.5) is 0 Å². The van der Waals surface area contributed by atoms with Crippen LogP contribution in [-0.4, -0.2) is 117 Å². The number of ether oxygens (including phenoxy) is 3. The van der Waals surface area contributed by atoms with Gasteiger partial charge in [0, 0.05) is 31.5 Å². The van der Waals surface area contributed by atoms with Gasteiger partial charge in [0.25, 0.3) is 5.91 Å². The summed E-state index contributed by atoms with van der Waals surface area (Å²) in [6.07, 6.45) is 9.10. The molecule has 1 heterocycles. The third-order valence-corrected chi connectivity index (χ3v) is 11.8. The van der Waals surface area contributed by atoms with Crippen molar-refractivity contribution in [3.63, 3.8) is 0 Å². The first-order valence-electron chi connectivity index (χ1n) is 21.0. The molecule has 2 aliphatic carbocycles. The summed E-state index contributed by atoms with van der Waals surface area (Å²) >= 11 is 0. The molecule has 6 N–H and O–H groups in total. The van der Waals surface area contributed by atoms with Crippen molar-refractivity contribution in [3.05, 3.63) is 35.9 Å². The summed E-state index contributed by atoms with van der Waals surface area (Å²) in [7, 11) is 1.57. The summed E-state index contributed by atoms with van der Waals surface area (Å²) in [4.78, 5) is 81.5. The smallest absolute Gasteiger partial charge is 0.290 e. The first-order chi connectivity index (χ1) is 27.4. The fraction of sp³-hybridized carbons (Fsp3) is 0.714. The second-order valence-electron chi connectivity index (χ2n) is 15.9. The highest BCUT2D eigenvalue weighted by Gasteiger charge is 2.51. The number of carbonyl (C=O) groups excluding carboxylic acids is 6. The second kappa shape index (κ2) is 22.9. The molecule has 1 aliphatic heterocycles. The number of unbranched alkanes of at least 4 members (excludes halogenated alkanes) is 1. The molecule has 4 rings (SSSR count). The predicted molar refractivity (Wildman–Crippen MR) is 214 cm³/mol. The lowest BCUT2D eigenvalue weighted by atomic mass is 9.81. The van der Waals surface area contributed by atoms with E-state index in [1.165, 1.54) is 5.56 Å². The van der Waals surface area contributed by atoms with Gasteiger partial charge in [0.05, 0.1) is 37.9 Å². The van der Waals surface area contributed by atoms with Crippen LogP contribution in [0.25, 0.3) is 0 Å². The number of ketones is 1. The second-order valence-corrected chi connectivity index (χ2v) is 15.9. The maximum atomic E-state index is 14.9. The number of rotatable bonds is 25. The van der Waals surface area contributed by atoms with Crippen molar-refractivity contribution in [2.45, 2.75) is 146 Å². The van der Waals surface area contributed by atoms with E-state index < -0.39 is 66.2 Å². The van der Waals surface area contributed by atoms with Gasteiger partial charge in [-0.25, -0.2) is 0 Å². The van der Waals surface area contributed by atoms with Gasteiger partial charge in [0.15, 0.2) is 0 Å². The molecule has 0 bridgehead atoms. The van der Waals surface area contributed by atoms with E-state index in [4.69, 9.17) is 19.9 Å². The number of benzene rings is 1. The molecule has 5 amide bonds. The summed E-state index contributed by atoms with van der Waals surface area (Å²) in [5.74, 6) is -3.99. The number of primary amides is 1. The average molecular weight is 799 g/mol. The molecule has 15 heteroatoms. The molecule has 0 spiro atoms. The number of hydrogen-bond donors (Lipinski definition) is 5. The zero-order valence-electron chi connectivity index (χ0n) is 34.4. The molecule has 3 fully saturated rings. The third kappa shape index (κ3) is 13.0. The number of likely N-dealkylation sites (tertiary alicyclic amines) is 1. The van der Waals surface area contributed by atoms with E-state index in [1.54, 1.807) is 12.0 Å². The Labute approximate surface area is 337 Å². The molecule has 318 valence electrons. The Balaban J connectivity index is 1.50. The van der Waals surface area contributed by atoms with Crippen LogP contribution >= 0.6 is 0 Å². The van der Waals surface area contributed by atoms with Gasteiger partial charge in [-0.1, -0.05) is 82.7 Å². The minimum absolute atomic E-state index is 0.00272. The van der Waals surface area contributed by atoms with Crippen LogP contribution in [0.1, 0.15) is 110 Å². The Bertz CT molecular complexity index is 1490. The van der Waals surface area contributed by atoms with E-state index in [9.17, 15) is 28.8 Å². The topological polar surface area (TPSA) is 207 Å². The Morgan fingerprint density at radius 1 is 0.930 bits per heavy atom. The van der Waals surface area contributed by atoms with Gasteiger partial charge in [-0.05, 0) is 56.9 Å². The van der Waals surface area contributed by atoms with Crippen LogP contribution in [0.2, 0.25) is 0 Å². The molecule has 0 radical (unpaired) electrons. The highest BCUT2D eigenvalue weighted by Crippen LogP contribution is 2.51. The standard InChI is InChI=1S/C42H66N6O9/c1-5-7-19-33(38(43)51)46-35(49)25-44-40(53)37(50)32(14-6-2)47-39(52)34-24-31(57-27-56-23-22-55-4)26-48(34)41(54)36(29-15-10-8-11-16-29)45-28(3)42(20-21-42)30-17-12-9-13-18-30/h9,12-13,17-18,28-29,31-34,36,45H,5-8,10-11,14-16,19-27H2,1-4H3,(H2,43,51)(H,44,53)(H,46,49)(H,47,52)/t28?,31-,32?,33?,34?,36?/m1/s1. The van der Waals surface area contributed by atoms with Gasteiger partial charge in [-0.15, -0.1) is 0 Å². The van der Waals surface area contributed by atoms with Crippen molar-refractivity contribution in [3.8, 4) is 0 Å². The molecule has 1 aromatic rings. The van der Waals surface area contributed by atoms with Gasteiger partial charge in [-0.2, -0.15) is 0 Å².